The Morgan fingerprint density at radius 1 is 1.14 bits per heavy atom. The molecule has 0 aliphatic heterocycles. The molecule has 0 saturated heterocycles. The lowest BCUT2D eigenvalue weighted by Crippen LogP contribution is -2.41. The lowest BCUT2D eigenvalue weighted by molar-refractivity contribution is -0.274. The minimum Gasteiger partial charge on any atom is -0.442 e. The predicted octanol–water partition coefficient (Wildman–Crippen LogP) is 4.35. The number of nitrogens with two attached hydrogens (primary N) is 1. The summed E-state index contributed by atoms with van der Waals surface area (Å²) in [5.74, 6) is -0.725. The highest BCUT2D eigenvalue weighted by Crippen LogP contribution is 2.27. The van der Waals surface area contributed by atoms with E-state index in [1.807, 2.05) is 12.1 Å². The Kier molecular flexibility index (Phi) is 8.82. The zero-order chi connectivity index (χ0) is 27.3. The minimum absolute atomic E-state index is 0.0302. The van der Waals surface area contributed by atoms with Crippen LogP contribution in [-0.4, -0.2) is 27.9 Å². The summed E-state index contributed by atoms with van der Waals surface area (Å²) in [6.45, 7) is 3.46. The van der Waals surface area contributed by atoms with Crippen LogP contribution in [0.2, 0.25) is 5.02 Å². The fourth-order valence-electron chi connectivity index (χ4n) is 3.65. The van der Waals surface area contributed by atoms with Gasteiger partial charge in [-0.05, 0) is 43.2 Å². The molecule has 0 aliphatic carbocycles. The summed E-state index contributed by atoms with van der Waals surface area (Å²) in [6, 6.07) is 12.1. The molecule has 3 rings (SSSR count). The number of nitrogens with zero attached hydrogens (tertiary/aromatic N) is 3. The van der Waals surface area contributed by atoms with E-state index < -0.39 is 29.3 Å². The number of alkyl halides is 3. The normalized spacial score (nSPS) is 12.9. The van der Waals surface area contributed by atoms with E-state index in [4.69, 9.17) is 22.1 Å². The highest BCUT2D eigenvalue weighted by atomic mass is 35.5. The molecule has 37 heavy (non-hydrogen) atoms. The van der Waals surface area contributed by atoms with Gasteiger partial charge in [-0.3, -0.25) is 13.9 Å². The summed E-state index contributed by atoms with van der Waals surface area (Å²) < 4.78 is 50.3. The van der Waals surface area contributed by atoms with E-state index in [0.717, 1.165) is 22.3 Å². The van der Waals surface area contributed by atoms with Gasteiger partial charge in [-0.25, -0.2) is 4.79 Å². The van der Waals surface area contributed by atoms with Gasteiger partial charge < -0.3 is 15.2 Å². The maximum absolute atomic E-state index is 12.8. The molecule has 2 aromatic carbocycles. The van der Waals surface area contributed by atoms with Crippen molar-refractivity contribution in [1.82, 2.24) is 9.13 Å². The Hall–Kier alpha value is -3.57. The Morgan fingerprint density at radius 3 is 2.41 bits per heavy atom. The van der Waals surface area contributed by atoms with Gasteiger partial charge in [0.25, 0.3) is 5.56 Å². The molecule has 0 radical (unpaired) electrons. The van der Waals surface area contributed by atoms with Crippen molar-refractivity contribution in [2.75, 3.05) is 6.54 Å². The molecular formula is C25H26ClF3N4O4. The average Bonchev–Trinajstić information content (AvgIpc) is 2.83. The van der Waals surface area contributed by atoms with Gasteiger partial charge in [0.15, 0.2) is 5.90 Å². The lowest BCUT2D eigenvalue weighted by atomic mass is 10.0. The first-order chi connectivity index (χ1) is 17.4. The van der Waals surface area contributed by atoms with Gasteiger partial charge in [0.1, 0.15) is 17.3 Å². The highest BCUT2D eigenvalue weighted by molar-refractivity contribution is 6.30. The van der Waals surface area contributed by atoms with Gasteiger partial charge in [-0.15, -0.1) is 13.2 Å². The first-order valence-electron chi connectivity index (χ1n) is 11.3. The molecule has 2 N–H and O–H groups in total. The second-order valence-electron chi connectivity index (χ2n) is 8.34. The lowest BCUT2D eigenvalue weighted by Gasteiger charge is -2.18. The van der Waals surface area contributed by atoms with Gasteiger partial charge in [0, 0.05) is 37.1 Å². The maximum Gasteiger partial charge on any atom is 0.573 e. The van der Waals surface area contributed by atoms with E-state index >= 15 is 0 Å². The van der Waals surface area contributed by atoms with Crippen LogP contribution in [0.4, 0.5) is 19.0 Å². The molecule has 0 bridgehead atoms. The van der Waals surface area contributed by atoms with Crippen LogP contribution in [0, 0.1) is 12.8 Å². The third-order valence-corrected chi connectivity index (χ3v) is 5.70. The van der Waals surface area contributed by atoms with Crippen LogP contribution < -0.4 is 26.5 Å². The van der Waals surface area contributed by atoms with Crippen molar-refractivity contribution in [2.45, 2.75) is 33.2 Å². The van der Waals surface area contributed by atoms with Gasteiger partial charge >= 0.3 is 12.1 Å². The SMILES string of the molecule is Cc1c(/N=C(/Oc2cccc(OC(F)(F)F)c2)C(C)Cc2ccc(Cl)cc2)n(C)c(=O)n(CCN)c1=O. The van der Waals surface area contributed by atoms with Crippen LogP contribution in [0.15, 0.2) is 63.1 Å². The van der Waals surface area contributed by atoms with Gasteiger partial charge in [-0.2, -0.15) is 4.99 Å². The molecule has 198 valence electrons. The fraction of sp³-hybridized carbons (Fsp3) is 0.320. The van der Waals surface area contributed by atoms with Crippen LogP contribution in [0.5, 0.6) is 11.5 Å². The van der Waals surface area contributed by atoms with Gasteiger partial charge in [0.2, 0.25) is 0 Å². The summed E-state index contributed by atoms with van der Waals surface area (Å²) in [7, 11) is 1.46. The molecule has 1 unspecified atom stereocenters. The van der Waals surface area contributed by atoms with E-state index in [1.54, 1.807) is 19.1 Å². The number of hydrogen-bond acceptors (Lipinski definition) is 6. The predicted molar refractivity (Wildman–Crippen MR) is 135 cm³/mol. The zero-order valence-corrected chi connectivity index (χ0v) is 21.1. The molecule has 1 aromatic heterocycles. The van der Waals surface area contributed by atoms with E-state index in [-0.39, 0.29) is 36.1 Å². The van der Waals surface area contributed by atoms with Crippen LogP contribution in [-0.2, 0) is 20.0 Å². The topological polar surface area (TPSA) is 101 Å². The van der Waals surface area contributed by atoms with Crippen molar-refractivity contribution < 1.29 is 22.6 Å². The monoisotopic (exact) mass is 538 g/mol. The molecule has 3 aromatic rings. The molecule has 0 spiro atoms. The van der Waals surface area contributed by atoms with Crippen LogP contribution in [0.1, 0.15) is 18.1 Å². The summed E-state index contributed by atoms with van der Waals surface area (Å²) in [5.41, 5.74) is 5.46. The quantitative estimate of drug-likeness (QED) is 0.339. The number of ether oxygens (including phenoxy) is 2. The van der Waals surface area contributed by atoms with Crippen molar-refractivity contribution in [3.05, 3.63) is 85.5 Å². The summed E-state index contributed by atoms with van der Waals surface area (Å²) in [5, 5.41) is 0.562. The van der Waals surface area contributed by atoms with Crippen LogP contribution >= 0.6 is 11.6 Å². The Balaban J connectivity index is 2.08. The van der Waals surface area contributed by atoms with Crippen molar-refractivity contribution in [3.63, 3.8) is 0 Å². The molecule has 0 saturated carbocycles. The summed E-state index contributed by atoms with van der Waals surface area (Å²) >= 11 is 5.97. The van der Waals surface area contributed by atoms with Crippen LogP contribution in [0.3, 0.4) is 0 Å². The summed E-state index contributed by atoms with van der Waals surface area (Å²) in [6.07, 6.45) is -4.45. The number of aliphatic imine (C=N–C) groups is 1. The fourth-order valence-corrected chi connectivity index (χ4v) is 3.77. The molecule has 0 aliphatic rings. The molecular weight excluding hydrogens is 513 g/mol. The zero-order valence-electron chi connectivity index (χ0n) is 20.4. The maximum atomic E-state index is 12.8. The van der Waals surface area contributed by atoms with Crippen LogP contribution in [0.25, 0.3) is 0 Å². The largest absolute Gasteiger partial charge is 0.573 e. The third kappa shape index (κ3) is 7.23. The number of benzene rings is 2. The first kappa shape index (κ1) is 28.0. The summed E-state index contributed by atoms with van der Waals surface area (Å²) in [4.78, 5) is 30.1. The third-order valence-electron chi connectivity index (χ3n) is 5.44. The van der Waals surface area contributed by atoms with Crippen molar-refractivity contribution in [3.8, 4) is 11.5 Å². The second kappa shape index (κ2) is 11.7. The smallest absolute Gasteiger partial charge is 0.442 e. The van der Waals surface area contributed by atoms with E-state index in [0.29, 0.717) is 11.4 Å². The van der Waals surface area contributed by atoms with E-state index in [2.05, 4.69) is 9.73 Å². The van der Waals surface area contributed by atoms with Crippen molar-refractivity contribution in [1.29, 1.82) is 0 Å². The Morgan fingerprint density at radius 2 is 1.78 bits per heavy atom. The van der Waals surface area contributed by atoms with Crippen molar-refractivity contribution in [2.24, 2.45) is 23.7 Å². The molecule has 12 heteroatoms. The highest BCUT2D eigenvalue weighted by Gasteiger charge is 2.31. The van der Waals surface area contributed by atoms with E-state index in [9.17, 15) is 22.8 Å². The number of halogens is 4. The average molecular weight is 539 g/mol. The molecule has 8 nitrogen and oxygen atoms in total. The second-order valence-corrected chi connectivity index (χ2v) is 8.78. The Labute approximate surface area is 215 Å². The van der Waals surface area contributed by atoms with Crippen molar-refractivity contribution >= 4 is 23.3 Å². The van der Waals surface area contributed by atoms with Gasteiger partial charge in [0.05, 0.1) is 5.56 Å². The standard InChI is InChI=1S/C25H26ClF3N4O4/c1-15(13-17-7-9-18(26)10-8-17)22(36-19-5-4-6-20(14-19)37-25(27,28)29)31-21-16(2)23(34)33(12-11-30)24(35)32(21)3/h4-10,14-15H,11-13,30H2,1-3H3/b31-22+. The Bertz CT molecular complexity index is 1360. The molecule has 1 atom stereocenters. The molecule has 1 heterocycles. The number of hydrogen-bond donors (Lipinski definition) is 1. The number of rotatable bonds is 8. The number of aromatic nitrogens is 2. The molecule has 0 fully saturated rings. The van der Waals surface area contributed by atoms with Gasteiger partial charge in [-0.1, -0.05) is 36.7 Å². The van der Waals surface area contributed by atoms with E-state index in [1.165, 1.54) is 30.7 Å². The molecule has 0 amide bonds. The first-order valence-corrected chi connectivity index (χ1v) is 11.6. The minimum atomic E-state index is -4.87.